The molecule has 0 aliphatic carbocycles. The van der Waals surface area contributed by atoms with E-state index >= 15 is 0 Å². The van der Waals surface area contributed by atoms with Crippen LogP contribution in [0, 0.1) is 0 Å². The largest absolute Gasteiger partial charge is 0.506 e. The summed E-state index contributed by atoms with van der Waals surface area (Å²) in [6, 6.07) is 3.80. The fourth-order valence-electron chi connectivity index (χ4n) is 2.25. The van der Waals surface area contributed by atoms with Crippen LogP contribution in [0.5, 0.6) is 5.75 Å². The van der Waals surface area contributed by atoms with E-state index in [1.54, 1.807) is 0 Å². The molecule has 5 heteroatoms. The molecule has 0 aromatic heterocycles. The molecule has 0 saturated carbocycles. The molecule has 1 aliphatic heterocycles. The van der Waals surface area contributed by atoms with Gasteiger partial charge in [0.1, 0.15) is 5.75 Å². The molecule has 2 rings (SSSR count). The zero-order chi connectivity index (χ0) is 13.1. The summed E-state index contributed by atoms with van der Waals surface area (Å²) in [6.45, 7) is 7.76. The van der Waals surface area contributed by atoms with Gasteiger partial charge in [0, 0.05) is 36.2 Å². The van der Waals surface area contributed by atoms with E-state index in [2.05, 4.69) is 48.7 Å². The molecule has 1 heterocycles. The predicted molar refractivity (Wildman–Crippen MR) is 80.9 cm³/mol. The van der Waals surface area contributed by atoms with Crippen molar-refractivity contribution in [1.82, 2.24) is 10.2 Å². The molecular formula is C13H16Br2N2O. The second kappa shape index (κ2) is 6.19. The highest BCUT2D eigenvalue weighted by Crippen LogP contribution is 2.40. The second-order valence-corrected chi connectivity index (χ2v) is 5.97. The molecule has 2 N–H and O–H groups in total. The van der Waals surface area contributed by atoms with Gasteiger partial charge in [0.15, 0.2) is 0 Å². The first-order chi connectivity index (χ1) is 8.65. The molecule has 0 spiro atoms. The Morgan fingerprint density at radius 1 is 1.28 bits per heavy atom. The minimum absolute atomic E-state index is 0.0268. The topological polar surface area (TPSA) is 35.5 Å². The molecule has 18 heavy (non-hydrogen) atoms. The number of hydrogen-bond acceptors (Lipinski definition) is 3. The minimum Gasteiger partial charge on any atom is -0.506 e. The fourth-order valence-corrected chi connectivity index (χ4v) is 3.15. The maximum Gasteiger partial charge on any atom is 0.135 e. The fraction of sp³-hybridized carbons (Fsp3) is 0.385. The zero-order valence-corrected chi connectivity index (χ0v) is 13.2. The Balaban J connectivity index is 2.37. The summed E-state index contributed by atoms with van der Waals surface area (Å²) < 4.78 is 1.62. The minimum atomic E-state index is 0.0268. The summed E-state index contributed by atoms with van der Waals surface area (Å²) in [5.41, 5.74) is 0.876. The SMILES string of the molecule is C=C[C@@H](c1c(Br)ccc(Br)c1O)N1CCNCC1. The molecule has 1 saturated heterocycles. The summed E-state index contributed by atoms with van der Waals surface area (Å²) >= 11 is 6.88. The summed E-state index contributed by atoms with van der Waals surface area (Å²) in [5.74, 6) is 0.285. The van der Waals surface area contributed by atoms with Crippen LogP contribution in [0.1, 0.15) is 11.6 Å². The smallest absolute Gasteiger partial charge is 0.135 e. The van der Waals surface area contributed by atoms with E-state index in [0.717, 1.165) is 36.2 Å². The van der Waals surface area contributed by atoms with Crippen LogP contribution in [0.15, 0.2) is 33.7 Å². The molecular weight excluding hydrogens is 360 g/mol. The normalized spacial score (nSPS) is 18.6. The van der Waals surface area contributed by atoms with E-state index in [1.165, 1.54) is 0 Å². The lowest BCUT2D eigenvalue weighted by Crippen LogP contribution is -2.44. The highest BCUT2D eigenvalue weighted by molar-refractivity contribution is 9.11. The van der Waals surface area contributed by atoms with E-state index in [-0.39, 0.29) is 11.8 Å². The molecule has 98 valence electrons. The van der Waals surface area contributed by atoms with Crippen molar-refractivity contribution >= 4 is 31.9 Å². The Morgan fingerprint density at radius 2 is 1.89 bits per heavy atom. The molecule has 0 amide bonds. The van der Waals surface area contributed by atoms with Crippen molar-refractivity contribution in [3.8, 4) is 5.75 Å². The van der Waals surface area contributed by atoms with E-state index in [4.69, 9.17) is 0 Å². The Hall–Kier alpha value is -0.360. The number of benzene rings is 1. The highest BCUT2D eigenvalue weighted by atomic mass is 79.9. The molecule has 1 atom stereocenters. The van der Waals surface area contributed by atoms with Crippen molar-refractivity contribution < 1.29 is 5.11 Å². The average Bonchev–Trinajstić information content (AvgIpc) is 2.40. The average molecular weight is 376 g/mol. The monoisotopic (exact) mass is 374 g/mol. The molecule has 0 radical (unpaired) electrons. The number of nitrogens with one attached hydrogen (secondary N) is 1. The number of aromatic hydroxyl groups is 1. The van der Waals surface area contributed by atoms with Crippen LogP contribution in [0.25, 0.3) is 0 Å². The summed E-state index contributed by atoms with van der Waals surface area (Å²) in [5, 5.41) is 13.6. The lowest BCUT2D eigenvalue weighted by Gasteiger charge is -2.34. The Kier molecular flexibility index (Phi) is 4.84. The standard InChI is InChI=1S/C13H16Br2N2O/c1-2-11(17-7-5-16-6-8-17)12-9(14)3-4-10(15)13(12)18/h2-4,11,16,18H,1,5-8H2/t11-/m0/s1. The zero-order valence-electron chi connectivity index (χ0n) is 10.00. The van der Waals surface area contributed by atoms with Gasteiger partial charge in [0.05, 0.1) is 10.5 Å². The van der Waals surface area contributed by atoms with Gasteiger partial charge < -0.3 is 10.4 Å². The van der Waals surface area contributed by atoms with E-state index < -0.39 is 0 Å². The third-order valence-corrected chi connectivity index (χ3v) is 4.51. The molecule has 3 nitrogen and oxygen atoms in total. The van der Waals surface area contributed by atoms with Crippen LogP contribution in [0.3, 0.4) is 0 Å². The molecule has 1 aromatic rings. The number of phenols is 1. The lowest BCUT2D eigenvalue weighted by atomic mass is 10.0. The van der Waals surface area contributed by atoms with Gasteiger partial charge in [-0.05, 0) is 28.1 Å². The van der Waals surface area contributed by atoms with Crippen LogP contribution in [-0.2, 0) is 0 Å². The lowest BCUT2D eigenvalue weighted by molar-refractivity contribution is 0.200. The first-order valence-corrected chi connectivity index (χ1v) is 7.48. The van der Waals surface area contributed by atoms with Crippen LogP contribution in [-0.4, -0.2) is 36.2 Å². The first-order valence-electron chi connectivity index (χ1n) is 5.89. The quantitative estimate of drug-likeness (QED) is 0.797. The van der Waals surface area contributed by atoms with Crippen molar-refractivity contribution in [2.45, 2.75) is 6.04 Å². The molecule has 1 fully saturated rings. The van der Waals surface area contributed by atoms with Crippen LogP contribution in [0.4, 0.5) is 0 Å². The van der Waals surface area contributed by atoms with Gasteiger partial charge in [0.2, 0.25) is 0 Å². The van der Waals surface area contributed by atoms with Gasteiger partial charge in [-0.15, -0.1) is 6.58 Å². The molecule has 1 aromatic carbocycles. The van der Waals surface area contributed by atoms with E-state index in [1.807, 2.05) is 18.2 Å². The van der Waals surface area contributed by atoms with E-state index in [9.17, 15) is 5.11 Å². The number of rotatable bonds is 3. The number of piperazine rings is 1. The van der Waals surface area contributed by atoms with Crippen molar-refractivity contribution in [1.29, 1.82) is 0 Å². The number of phenolic OH excluding ortho intramolecular Hbond substituents is 1. The van der Waals surface area contributed by atoms with Gasteiger partial charge in [-0.3, -0.25) is 4.90 Å². The van der Waals surface area contributed by atoms with Gasteiger partial charge >= 0.3 is 0 Å². The number of hydrogen-bond donors (Lipinski definition) is 2. The predicted octanol–water partition coefficient (Wildman–Crippen LogP) is 3.05. The van der Waals surface area contributed by atoms with Crippen molar-refractivity contribution in [3.05, 3.63) is 39.3 Å². The third-order valence-electron chi connectivity index (χ3n) is 3.18. The van der Waals surface area contributed by atoms with Gasteiger partial charge in [-0.25, -0.2) is 0 Å². The van der Waals surface area contributed by atoms with E-state index in [0.29, 0.717) is 4.47 Å². The van der Waals surface area contributed by atoms with Gasteiger partial charge in [0.25, 0.3) is 0 Å². The van der Waals surface area contributed by atoms with Crippen molar-refractivity contribution in [3.63, 3.8) is 0 Å². The van der Waals surface area contributed by atoms with Crippen LogP contribution >= 0.6 is 31.9 Å². The maximum absolute atomic E-state index is 10.2. The molecule has 1 aliphatic rings. The second-order valence-electron chi connectivity index (χ2n) is 4.26. The van der Waals surface area contributed by atoms with Crippen LogP contribution < -0.4 is 5.32 Å². The van der Waals surface area contributed by atoms with Gasteiger partial charge in [-0.2, -0.15) is 0 Å². The maximum atomic E-state index is 10.2. The van der Waals surface area contributed by atoms with Gasteiger partial charge in [-0.1, -0.05) is 22.0 Å². The Bertz CT molecular complexity index is 445. The third kappa shape index (κ3) is 2.79. The highest BCUT2D eigenvalue weighted by Gasteiger charge is 2.24. The van der Waals surface area contributed by atoms with Crippen molar-refractivity contribution in [2.75, 3.05) is 26.2 Å². The molecule has 0 unspecified atom stereocenters. The van der Waals surface area contributed by atoms with Crippen LogP contribution in [0.2, 0.25) is 0 Å². The Morgan fingerprint density at radius 3 is 2.50 bits per heavy atom. The first kappa shape index (κ1) is 14.1. The summed E-state index contributed by atoms with van der Waals surface area (Å²) in [6.07, 6.45) is 1.89. The van der Waals surface area contributed by atoms with Crippen molar-refractivity contribution in [2.24, 2.45) is 0 Å². The summed E-state index contributed by atoms with van der Waals surface area (Å²) in [4.78, 5) is 2.32. The number of nitrogens with zero attached hydrogens (tertiary/aromatic N) is 1. The number of halogens is 2. The summed E-state index contributed by atoms with van der Waals surface area (Å²) in [7, 11) is 0. The Labute approximate surface area is 124 Å². The molecule has 0 bridgehead atoms.